The lowest BCUT2D eigenvalue weighted by Gasteiger charge is -2.18. The Bertz CT molecular complexity index is 821. The van der Waals surface area contributed by atoms with Crippen molar-refractivity contribution in [2.45, 2.75) is 37.1 Å². The smallest absolute Gasteiger partial charge is 0.245 e. The van der Waals surface area contributed by atoms with Crippen molar-refractivity contribution >= 4 is 21.6 Å². The van der Waals surface area contributed by atoms with E-state index < -0.39 is 15.6 Å². The molecule has 1 aromatic heterocycles. The van der Waals surface area contributed by atoms with Crippen LogP contribution in [0.1, 0.15) is 29.8 Å². The van der Waals surface area contributed by atoms with E-state index in [0.29, 0.717) is 16.4 Å². The Morgan fingerprint density at radius 1 is 1.23 bits per heavy atom. The van der Waals surface area contributed by atoms with Crippen LogP contribution in [-0.4, -0.2) is 18.2 Å². The number of sulfonamides is 1. The Labute approximate surface area is 135 Å². The third-order valence-electron chi connectivity index (χ3n) is 4.19. The fraction of sp³-hybridized carbons (Fsp3) is 0.400. The molecule has 1 aliphatic rings. The Hall–Kier alpha value is -1.37. The van der Waals surface area contributed by atoms with Gasteiger partial charge in [-0.1, -0.05) is 23.7 Å². The zero-order chi connectivity index (χ0) is 16.1. The van der Waals surface area contributed by atoms with Gasteiger partial charge >= 0.3 is 0 Å². The summed E-state index contributed by atoms with van der Waals surface area (Å²) in [6.07, 6.45) is 1.57. The number of nitrogens with one attached hydrogen (secondary N) is 1. The molecule has 1 N–H and O–H groups in total. The van der Waals surface area contributed by atoms with Gasteiger partial charge in [-0.25, -0.2) is 13.1 Å². The van der Waals surface area contributed by atoms with Gasteiger partial charge in [-0.15, -0.1) is 0 Å². The van der Waals surface area contributed by atoms with E-state index in [1.165, 1.54) is 0 Å². The second kappa shape index (κ2) is 5.08. The first kappa shape index (κ1) is 15.5. The van der Waals surface area contributed by atoms with E-state index in [1.54, 1.807) is 37.7 Å². The molecule has 1 fully saturated rings. The van der Waals surface area contributed by atoms with E-state index in [1.807, 2.05) is 12.1 Å². The maximum atomic E-state index is 12.8. The summed E-state index contributed by atoms with van der Waals surface area (Å²) < 4.78 is 30.0. The highest BCUT2D eigenvalue weighted by atomic mass is 35.5. The van der Waals surface area contributed by atoms with Gasteiger partial charge < -0.3 is 0 Å². The average molecular weight is 340 g/mol. The predicted octanol–water partition coefficient (Wildman–Crippen LogP) is 2.66. The van der Waals surface area contributed by atoms with E-state index in [2.05, 4.69) is 9.82 Å². The van der Waals surface area contributed by atoms with Gasteiger partial charge in [0.2, 0.25) is 10.0 Å². The molecule has 3 rings (SSSR count). The topological polar surface area (TPSA) is 64.0 Å². The van der Waals surface area contributed by atoms with Gasteiger partial charge in [-0.05, 0) is 44.4 Å². The fourth-order valence-electron chi connectivity index (χ4n) is 2.79. The second-order valence-electron chi connectivity index (χ2n) is 5.82. The van der Waals surface area contributed by atoms with E-state index in [4.69, 9.17) is 11.6 Å². The normalized spacial score (nSPS) is 16.7. The number of rotatable bonds is 4. The standard InChI is InChI=1S/C15H18ClN3O2S/c1-10-14(11(2)19(3)17-10)22(20,21)18-15(8-9-15)12-4-6-13(16)7-5-12/h4-7,18H,8-9H2,1-3H3. The van der Waals surface area contributed by atoms with Crippen molar-refractivity contribution in [2.75, 3.05) is 0 Å². The van der Waals surface area contributed by atoms with Crippen molar-refractivity contribution in [3.05, 3.63) is 46.2 Å². The molecule has 0 saturated heterocycles. The Morgan fingerprint density at radius 3 is 2.27 bits per heavy atom. The van der Waals surface area contributed by atoms with Crippen LogP contribution in [0.5, 0.6) is 0 Å². The van der Waals surface area contributed by atoms with Crippen molar-refractivity contribution in [1.82, 2.24) is 14.5 Å². The van der Waals surface area contributed by atoms with E-state index in [0.717, 1.165) is 18.4 Å². The summed E-state index contributed by atoms with van der Waals surface area (Å²) in [5, 5.41) is 4.83. The molecule has 118 valence electrons. The maximum absolute atomic E-state index is 12.8. The molecule has 22 heavy (non-hydrogen) atoms. The van der Waals surface area contributed by atoms with Crippen LogP contribution in [0.4, 0.5) is 0 Å². The summed E-state index contributed by atoms with van der Waals surface area (Å²) in [6, 6.07) is 7.32. The predicted molar refractivity (Wildman–Crippen MR) is 85.4 cm³/mol. The molecule has 0 aliphatic heterocycles. The van der Waals surface area contributed by atoms with Gasteiger partial charge in [0.05, 0.1) is 16.9 Å². The molecular weight excluding hydrogens is 322 g/mol. The maximum Gasteiger partial charge on any atom is 0.245 e. The summed E-state index contributed by atoms with van der Waals surface area (Å²) in [7, 11) is -1.88. The molecule has 0 unspecified atom stereocenters. The number of benzene rings is 1. The summed E-state index contributed by atoms with van der Waals surface area (Å²) in [5.74, 6) is 0. The van der Waals surface area contributed by atoms with Crippen LogP contribution >= 0.6 is 11.6 Å². The summed E-state index contributed by atoms with van der Waals surface area (Å²) in [5.41, 5.74) is 1.58. The van der Waals surface area contributed by atoms with Crippen molar-refractivity contribution in [1.29, 1.82) is 0 Å². The van der Waals surface area contributed by atoms with Gasteiger partial charge in [0.15, 0.2) is 0 Å². The first-order chi connectivity index (χ1) is 10.3. The molecular formula is C15H18ClN3O2S. The van der Waals surface area contributed by atoms with Gasteiger partial charge in [0, 0.05) is 12.1 Å². The van der Waals surface area contributed by atoms with Crippen LogP contribution in [0.3, 0.4) is 0 Å². The molecule has 0 spiro atoms. The van der Waals surface area contributed by atoms with E-state index in [9.17, 15) is 8.42 Å². The molecule has 0 amide bonds. The van der Waals surface area contributed by atoms with Gasteiger partial charge in [-0.3, -0.25) is 4.68 Å². The number of hydrogen-bond donors (Lipinski definition) is 1. The van der Waals surface area contributed by atoms with Crippen LogP contribution in [0.2, 0.25) is 5.02 Å². The lowest BCUT2D eigenvalue weighted by Crippen LogP contribution is -2.35. The molecule has 0 radical (unpaired) electrons. The summed E-state index contributed by atoms with van der Waals surface area (Å²) >= 11 is 5.91. The zero-order valence-corrected chi connectivity index (χ0v) is 14.3. The highest BCUT2D eigenvalue weighted by Gasteiger charge is 2.48. The van der Waals surface area contributed by atoms with E-state index in [-0.39, 0.29) is 4.90 Å². The van der Waals surface area contributed by atoms with Crippen LogP contribution in [0.15, 0.2) is 29.2 Å². The summed E-state index contributed by atoms with van der Waals surface area (Å²) in [4.78, 5) is 0.273. The highest BCUT2D eigenvalue weighted by Crippen LogP contribution is 2.47. The number of aromatic nitrogens is 2. The molecule has 1 saturated carbocycles. The molecule has 1 aromatic carbocycles. The lowest BCUT2D eigenvalue weighted by molar-refractivity contribution is 0.550. The van der Waals surface area contributed by atoms with Crippen LogP contribution in [0.25, 0.3) is 0 Å². The highest BCUT2D eigenvalue weighted by molar-refractivity contribution is 7.89. The van der Waals surface area contributed by atoms with Crippen molar-refractivity contribution in [2.24, 2.45) is 7.05 Å². The second-order valence-corrected chi connectivity index (χ2v) is 7.87. The third kappa shape index (κ3) is 2.55. The average Bonchev–Trinajstić information content (AvgIpc) is 3.13. The number of aryl methyl sites for hydroxylation is 2. The van der Waals surface area contributed by atoms with Gasteiger partial charge in [-0.2, -0.15) is 5.10 Å². The summed E-state index contributed by atoms with van der Waals surface area (Å²) in [6.45, 7) is 3.47. The Kier molecular flexibility index (Phi) is 3.58. The number of halogens is 1. The van der Waals surface area contributed by atoms with Crippen molar-refractivity contribution in [3.8, 4) is 0 Å². The third-order valence-corrected chi connectivity index (χ3v) is 6.23. The molecule has 0 atom stereocenters. The minimum atomic E-state index is -3.62. The van der Waals surface area contributed by atoms with Gasteiger partial charge in [0.25, 0.3) is 0 Å². The Morgan fingerprint density at radius 2 is 1.82 bits per heavy atom. The first-order valence-electron chi connectivity index (χ1n) is 7.05. The molecule has 5 nitrogen and oxygen atoms in total. The van der Waals surface area contributed by atoms with E-state index >= 15 is 0 Å². The minimum Gasteiger partial charge on any atom is -0.271 e. The van der Waals surface area contributed by atoms with Crippen LogP contribution < -0.4 is 4.72 Å². The van der Waals surface area contributed by atoms with Gasteiger partial charge in [0.1, 0.15) is 4.90 Å². The zero-order valence-electron chi connectivity index (χ0n) is 12.7. The fourth-order valence-corrected chi connectivity index (χ4v) is 4.81. The number of hydrogen-bond acceptors (Lipinski definition) is 3. The van der Waals surface area contributed by atoms with Crippen molar-refractivity contribution < 1.29 is 8.42 Å². The SMILES string of the molecule is Cc1nn(C)c(C)c1S(=O)(=O)NC1(c2ccc(Cl)cc2)CC1. The first-order valence-corrected chi connectivity index (χ1v) is 8.91. The Balaban J connectivity index is 1.96. The van der Waals surface area contributed by atoms with Crippen molar-refractivity contribution in [3.63, 3.8) is 0 Å². The molecule has 1 aliphatic carbocycles. The van der Waals surface area contributed by atoms with Crippen LogP contribution in [-0.2, 0) is 22.6 Å². The molecule has 2 aromatic rings. The lowest BCUT2D eigenvalue weighted by atomic mass is 10.1. The molecule has 7 heteroatoms. The van der Waals surface area contributed by atoms with Crippen LogP contribution in [0, 0.1) is 13.8 Å². The largest absolute Gasteiger partial charge is 0.271 e. The number of nitrogens with zero attached hydrogens (tertiary/aromatic N) is 2. The molecule has 0 bridgehead atoms. The quantitative estimate of drug-likeness (QED) is 0.931. The monoisotopic (exact) mass is 339 g/mol. The molecule has 1 heterocycles. The minimum absolute atomic E-state index is 0.273.